The van der Waals surface area contributed by atoms with Crippen LogP contribution in [0.25, 0.3) is 16.8 Å². The molecule has 146 valence electrons. The van der Waals surface area contributed by atoms with Crippen LogP contribution in [0, 0.1) is 11.3 Å². The van der Waals surface area contributed by atoms with Gasteiger partial charge in [0.1, 0.15) is 23.1 Å². The minimum atomic E-state index is -0.612. The standard InChI is InChI=1S/C22H16Cl2N2O3/c1-28-15-8-6-13-7-9-20(29-2)17(16(13)11-15)10-14(12-25)22(27)26-19-5-3-4-18(23)21(19)24/h3-11H,1-2H3,(H,26,27). The third-order valence-corrected chi connectivity index (χ3v) is 5.12. The molecule has 3 rings (SSSR count). The second-order valence-corrected chi connectivity index (χ2v) is 6.78. The van der Waals surface area contributed by atoms with Crippen molar-refractivity contribution in [2.45, 2.75) is 0 Å². The summed E-state index contributed by atoms with van der Waals surface area (Å²) in [6, 6.07) is 16.0. The lowest BCUT2D eigenvalue weighted by Crippen LogP contribution is -2.14. The van der Waals surface area contributed by atoms with Crippen molar-refractivity contribution in [2.75, 3.05) is 19.5 Å². The van der Waals surface area contributed by atoms with Crippen molar-refractivity contribution in [2.24, 2.45) is 0 Å². The van der Waals surface area contributed by atoms with Gasteiger partial charge in [0, 0.05) is 5.56 Å². The lowest BCUT2D eigenvalue weighted by Gasteiger charge is -2.11. The van der Waals surface area contributed by atoms with Gasteiger partial charge in [0.2, 0.25) is 0 Å². The fraction of sp³-hybridized carbons (Fsp3) is 0.0909. The molecule has 0 aliphatic heterocycles. The van der Waals surface area contributed by atoms with Gasteiger partial charge < -0.3 is 14.8 Å². The molecule has 0 unspecified atom stereocenters. The number of benzene rings is 3. The first kappa shape index (κ1) is 20.5. The molecule has 1 amide bonds. The van der Waals surface area contributed by atoms with Gasteiger partial charge in [-0.3, -0.25) is 4.79 Å². The summed E-state index contributed by atoms with van der Waals surface area (Å²) in [5, 5.41) is 14.4. The van der Waals surface area contributed by atoms with Crippen molar-refractivity contribution in [1.29, 1.82) is 5.26 Å². The fourth-order valence-electron chi connectivity index (χ4n) is 2.84. The highest BCUT2D eigenvalue weighted by molar-refractivity contribution is 6.44. The smallest absolute Gasteiger partial charge is 0.266 e. The number of halogens is 2. The molecule has 5 nitrogen and oxygen atoms in total. The first-order valence-electron chi connectivity index (χ1n) is 8.50. The first-order valence-corrected chi connectivity index (χ1v) is 9.26. The minimum Gasteiger partial charge on any atom is -0.497 e. The normalized spacial score (nSPS) is 11.1. The van der Waals surface area contributed by atoms with Gasteiger partial charge in [-0.2, -0.15) is 5.26 Å². The van der Waals surface area contributed by atoms with E-state index in [4.69, 9.17) is 32.7 Å². The monoisotopic (exact) mass is 426 g/mol. The molecule has 1 N–H and O–H groups in total. The molecule has 0 atom stereocenters. The predicted octanol–water partition coefficient (Wildman–Crippen LogP) is 5.71. The van der Waals surface area contributed by atoms with Crippen LogP contribution in [0.4, 0.5) is 5.69 Å². The van der Waals surface area contributed by atoms with E-state index in [-0.39, 0.29) is 10.6 Å². The van der Waals surface area contributed by atoms with Crippen LogP contribution >= 0.6 is 23.2 Å². The Balaban J connectivity index is 2.08. The van der Waals surface area contributed by atoms with Crippen molar-refractivity contribution in [3.8, 4) is 17.6 Å². The Kier molecular flexibility index (Phi) is 6.28. The molecule has 0 aliphatic carbocycles. The Morgan fingerprint density at radius 3 is 2.55 bits per heavy atom. The van der Waals surface area contributed by atoms with Gasteiger partial charge in [0.05, 0.1) is 30.0 Å². The average molecular weight is 427 g/mol. The Morgan fingerprint density at radius 2 is 1.86 bits per heavy atom. The SMILES string of the molecule is COc1ccc2ccc(OC)c(C=C(C#N)C(=O)Nc3cccc(Cl)c3Cl)c2c1. The van der Waals surface area contributed by atoms with E-state index in [1.54, 1.807) is 31.4 Å². The molecule has 7 heteroatoms. The molecule has 0 aliphatic rings. The van der Waals surface area contributed by atoms with E-state index in [9.17, 15) is 10.1 Å². The van der Waals surface area contributed by atoms with Gasteiger partial charge in [-0.15, -0.1) is 0 Å². The number of nitrogens with zero attached hydrogens (tertiary/aromatic N) is 1. The molecule has 29 heavy (non-hydrogen) atoms. The van der Waals surface area contributed by atoms with E-state index in [0.717, 1.165) is 10.8 Å². The van der Waals surface area contributed by atoms with Gasteiger partial charge in [-0.25, -0.2) is 0 Å². The van der Waals surface area contributed by atoms with E-state index >= 15 is 0 Å². The summed E-state index contributed by atoms with van der Waals surface area (Å²) in [5.41, 5.74) is 0.791. The van der Waals surface area contributed by atoms with Gasteiger partial charge in [0.25, 0.3) is 5.91 Å². The van der Waals surface area contributed by atoms with Crippen LogP contribution in [-0.2, 0) is 4.79 Å². The van der Waals surface area contributed by atoms with Crippen LogP contribution in [0.15, 0.2) is 54.1 Å². The highest BCUT2D eigenvalue weighted by Gasteiger charge is 2.15. The zero-order valence-electron chi connectivity index (χ0n) is 15.6. The topological polar surface area (TPSA) is 71.3 Å². The van der Waals surface area contributed by atoms with Crippen molar-refractivity contribution in [3.63, 3.8) is 0 Å². The van der Waals surface area contributed by atoms with E-state index < -0.39 is 5.91 Å². The van der Waals surface area contributed by atoms with Gasteiger partial charge in [0.15, 0.2) is 0 Å². The van der Waals surface area contributed by atoms with E-state index in [2.05, 4.69) is 5.32 Å². The highest BCUT2D eigenvalue weighted by atomic mass is 35.5. The van der Waals surface area contributed by atoms with Crippen molar-refractivity contribution in [3.05, 3.63) is 69.7 Å². The summed E-state index contributed by atoms with van der Waals surface area (Å²) in [6.07, 6.45) is 1.48. The van der Waals surface area contributed by atoms with Crippen LogP contribution in [-0.4, -0.2) is 20.1 Å². The maximum Gasteiger partial charge on any atom is 0.266 e. The van der Waals surface area contributed by atoms with Crippen molar-refractivity contribution >= 4 is 51.6 Å². The van der Waals surface area contributed by atoms with Crippen molar-refractivity contribution < 1.29 is 14.3 Å². The predicted molar refractivity (Wildman–Crippen MR) is 116 cm³/mol. The Bertz CT molecular complexity index is 1160. The number of hydrogen-bond donors (Lipinski definition) is 1. The zero-order valence-corrected chi connectivity index (χ0v) is 17.1. The number of carbonyl (C=O) groups is 1. The van der Waals surface area contributed by atoms with Crippen LogP contribution in [0.3, 0.4) is 0 Å². The average Bonchev–Trinajstić information content (AvgIpc) is 2.74. The Morgan fingerprint density at radius 1 is 1.10 bits per heavy atom. The van der Waals surface area contributed by atoms with E-state index in [0.29, 0.717) is 27.8 Å². The summed E-state index contributed by atoms with van der Waals surface area (Å²) in [7, 11) is 3.09. The summed E-state index contributed by atoms with van der Waals surface area (Å²) < 4.78 is 10.7. The molecule has 3 aromatic carbocycles. The lowest BCUT2D eigenvalue weighted by atomic mass is 10.0. The molecule has 0 radical (unpaired) electrons. The highest BCUT2D eigenvalue weighted by Crippen LogP contribution is 2.33. The minimum absolute atomic E-state index is 0.116. The Labute approximate surface area is 178 Å². The van der Waals surface area contributed by atoms with Crippen LogP contribution < -0.4 is 14.8 Å². The van der Waals surface area contributed by atoms with Crippen LogP contribution in [0.5, 0.6) is 11.5 Å². The quantitative estimate of drug-likeness (QED) is 0.418. The molecular formula is C22H16Cl2N2O3. The number of methoxy groups -OCH3 is 2. The zero-order chi connectivity index (χ0) is 21.0. The summed E-state index contributed by atoms with van der Waals surface area (Å²) in [5.74, 6) is 0.555. The van der Waals surface area contributed by atoms with Crippen LogP contribution in [0.1, 0.15) is 5.56 Å². The van der Waals surface area contributed by atoms with Crippen LogP contribution in [0.2, 0.25) is 10.0 Å². The van der Waals surface area contributed by atoms with E-state index in [1.165, 1.54) is 13.2 Å². The Hall–Kier alpha value is -3.20. The molecular weight excluding hydrogens is 411 g/mol. The summed E-state index contributed by atoms with van der Waals surface area (Å²) in [6.45, 7) is 0. The van der Waals surface area contributed by atoms with E-state index in [1.807, 2.05) is 30.3 Å². The van der Waals surface area contributed by atoms with Gasteiger partial charge in [-0.05, 0) is 47.2 Å². The first-order chi connectivity index (χ1) is 14.0. The number of nitriles is 1. The number of nitrogens with one attached hydrogen (secondary N) is 1. The number of carbonyl (C=O) groups excluding carboxylic acids is 1. The second kappa shape index (κ2) is 8.87. The van der Waals surface area contributed by atoms with Gasteiger partial charge in [-0.1, -0.05) is 41.4 Å². The molecule has 0 bridgehead atoms. The summed E-state index contributed by atoms with van der Waals surface area (Å²) >= 11 is 12.1. The lowest BCUT2D eigenvalue weighted by molar-refractivity contribution is -0.112. The van der Waals surface area contributed by atoms with Gasteiger partial charge >= 0.3 is 0 Å². The number of rotatable bonds is 5. The molecule has 0 fully saturated rings. The maximum atomic E-state index is 12.7. The fourth-order valence-corrected chi connectivity index (χ4v) is 3.19. The number of ether oxygens (including phenoxy) is 2. The second-order valence-electron chi connectivity index (χ2n) is 5.99. The molecule has 0 heterocycles. The number of hydrogen-bond acceptors (Lipinski definition) is 4. The number of anilines is 1. The largest absolute Gasteiger partial charge is 0.497 e. The molecule has 0 saturated heterocycles. The molecule has 0 aromatic heterocycles. The molecule has 3 aromatic rings. The molecule has 0 spiro atoms. The molecule has 0 saturated carbocycles. The number of amides is 1. The van der Waals surface area contributed by atoms with Crippen molar-refractivity contribution in [1.82, 2.24) is 0 Å². The third kappa shape index (κ3) is 4.29. The third-order valence-electron chi connectivity index (χ3n) is 4.30. The maximum absolute atomic E-state index is 12.7. The number of fused-ring (bicyclic) bond motifs is 1. The summed E-state index contributed by atoms with van der Waals surface area (Å²) in [4.78, 5) is 12.7.